The molecule has 3 heterocycles. The van der Waals surface area contributed by atoms with Crippen molar-refractivity contribution < 1.29 is 9.18 Å². The number of amides is 1. The van der Waals surface area contributed by atoms with Crippen molar-refractivity contribution in [2.24, 2.45) is 14.1 Å². The fraction of sp³-hybridized carbons (Fsp3) is 0.368. The third-order valence-corrected chi connectivity index (χ3v) is 5.71. The maximum Gasteiger partial charge on any atom is 0.332 e. The standard InChI is InChI=1S/C19H20ClFN6O3/c1-23-16-15(17(29)24(2)19(23)30)27(18(20)22-16)11-14(28)26-9-7-25(8-10-26)13-6-4-3-5-12(13)21/h3-6H,7-11H2,1-2H3. The number of hydrogen-bond donors (Lipinski definition) is 0. The number of benzene rings is 1. The highest BCUT2D eigenvalue weighted by atomic mass is 35.5. The van der Waals surface area contributed by atoms with Crippen molar-refractivity contribution in [3.8, 4) is 0 Å². The first kappa shape index (κ1) is 20.1. The number of aromatic nitrogens is 4. The molecule has 9 nitrogen and oxygen atoms in total. The number of anilines is 1. The molecule has 0 saturated carbocycles. The second kappa shape index (κ2) is 7.60. The Balaban J connectivity index is 1.55. The van der Waals surface area contributed by atoms with Gasteiger partial charge >= 0.3 is 5.69 Å². The first-order valence-electron chi connectivity index (χ1n) is 9.38. The molecule has 0 spiro atoms. The molecule has 0 N–H and O–H groups in total. The first-order valence-corrected chi connectivity index (χ1v) is 9.76. The first-order chi connectivity index (χ1) is 14.3. The molecule has 1 saturated heterocycles. The smallest absolute Gasteiger partial charge is 0.332 e. The maximum absolute atomic E-state index is 14.0. The Labute approximate surface area is 175 Å². The fourth-order valence-electron chi connectivity index (χ4n) is 3.70. The number of rotatable bonds is 3. The second-order valence-corrected chi connectivity index (χ2v) is 7.50. The number of hydrogen-bond acceptors (Lipinski definition) is 5. The van der Waals surface area contributed by atoms with Gasteiger partial charge < -0.3 is 9.80 Å². The Bertz CT molecular complexity index is 1260. The second-order valence-electron chi connectivity index (χ2n) is 7.16. The van der Waals surface area contributed by atoms with Crippen molar-refractivity contribution >= 4 is 34.4 Å². The van der Waals surface area contributed by atoms with Crippen LogP contribution in [0.15, 0.2) is 33.9 Å². The van der Waals surface area contributed by atoms with Crippen LogP contribution < -0.4 is 16.1 Å². The van der Waals surface area contributed by atoms with E-state index in [1.54, 1.807) is 23.1 Å². The van der Waals surface area contributed by atoms with Crippen LogP contribution in [0.1, 0.15) is 0 Å². The Morgan fingerprint density at radius 1 is 1.10 bits per heavy atom. The Morgan fingerprint density at radius 3 is 2.43 bits per heavy atom. The highest BCUT2D eigenvalue weighted by molar-refractivity contribution is 6.29. The molecule has 30 heavy (non-hydrogen) atoms. The van der Waals surface area contributed by atoms with Gasteiger partial charge in [0.2, 0.25) is 11.2 Å². The van der Waals surface area contributed by atoms with Gasteiger partial charge in [-0.2, -0.15) is 4.98 Å². The van der Waals surface area contributed by atoms with E-state index >= 15 is 0 Å². The van der Waals surface area contributed by atoms with E-state index in [2.05, 4.69) is 4.98 Å². The average Bonchev–Trinajstić information content (AvgIpc) is 3.07. The van der Waals surface area contributed by atoms with Gasteiger partial charge in [0.1, 0.15) is 12.4 Å². The lowest BCUT2D eigenvalue weighted by molar-refractivity contribution is -0.132. The van der Waals surface area contributed by atoms with E-state index in [1.165, 1.54) is 29.3 Å². The van der Waals surface area contributed by atoms with Crippen LogP contribution in [0.5, 0.6) is 0 Å². The fourth-order valence-corrected chi connectivity index (χ4v) is 3.93. The van der Waals surface area contributed by atoms with Crippen molar-refractivity contribution in [3.63, 3.8) is 0 Å². The van der Waals surface area contributed by atoms with E-state index in [-0.39, 0.29) is 34.7 Å². The van der Waals surface area contributed by atoms with Gasteiger partial charge in [0.15, 0.2) is 11.2 Å². The van der Waals surface area contributed by atoms with Gasteiger partial charge in [-0.05, 0) is 23.7 Å². The number of piperazine rings is 1. The number of imidazole rings is 1. The average molecular weight is 435 g/mol. The van der Waals surface area contributed by atoms with E-state index in [9.17, 15) is 18.8 Å². The molecule has 158 valence electrons. The van der Waals surface area contributed by atoms with Crippen LogP contribution in [0.4, 0.5) is 10.1 Å². The zero-order valence-corrected chi connectivity index (χ0v) is 17.3. The molecule has 0 unspecified atom stereocenters. The van der Waals surface area contributed by atoms with Crippen LogP contribution in [0.2, 0.25) is 5.28 Å². The third-order valence-electron chi connectivity index (χ3n) is 5.42. The van der Waals surface area contributed by atoms with Gasteiger partial charge in [0, 0.05) is 40.3 Å². The van der Waals surface area contributed by atoms with E-state index < -0.39 is 11.2 Å². The summed E-state index contributed by atoms with van der Waals surface area (Å²) >= 11 is 6.19. The predicted octanol–water partition coefficient (Wildman–Crippen LogP) is 0.575. The highest BCUT2D eigenvalue weighted by Gasteiger charge is 2.25. The molecule has 2 aromatic heterocycles. The molecule has 1 aliphatic rings. The zero-order valence-electron chi connectivity index (χ0n) is 16.5. The van der Waals surface area contributed by atoms with Crippen LogP contribution >= 0.6 is 11.6 Å². The molecule has 4 rings (SSSR count). The summed E-state index contributed by atoms with van der Waals surface area (Å²) in [6.07, 6.45) is 0. The Morgan fingerprint density at radius 2 is 1.77 bits per heavy atom. The minimum atomic E-state index is -0.565. The molecule has 0 radical (unpaired) electrons. The number of para-hydroxylation sites is 1. The van der Waals surface area contributed by atoms with E-state index in [1.807, 2.05) is 4.90 Å². The molecule has 0 bridgehead atoms. The molecule has 11 heteroatoms. The number of halogens is 2. The summed E-state index contributed by atoms with van der Waals surface area (Å²) < 4.78 is 17.5. The third kappa shape index (κ3) is 3.26. The molecular formula is C19H20ClFN6O3. The van der Waals surface area contributed by atoms with Crippen LogP contribution in [0, 0.1) is 5.82 Å². The summed E-state index contributed by atoms with van der Waals surface area (Å²) in [7, 11) is 2.85. The molecule has 3 aromatic rings. The molecule has 1 aliphatic heterocycles. The number of nitrogens with zero attached hydrogens (tertiary/aromatic N) is 6. The number of fused-ring (bicyclic) bond motifs is 1. The summed E-state index contributed by atoms with van der Waals surface area (Å²) in [6, 6.07) is 6.53. The minimum absolute atomic E-state index is 0.0401. The van der Waals surface area contributed by atoms with Crippen molar-refractivity contribution in [3.05, 3.63) is 56.2 Å². The predicted molar refractivity (Wildman–Crippen MR) is 110 cm³/mol. The van der Waals surface area contributed by atoms with Gasteiger partial charge in [-0.1, -0.05) is 12.1 Å². The Kier molecular flexibility index (Phi) is 5.10. The molecular weight excluding hydrogens is 415 g/mol. The van der Waals surface area contributed by atoms with E-state index in [0.29, 0.717) is 31.9 Å². The minimum Gasteiger partial charge on any atom is -0.366 e. The van der Waals surface area contributed by atoms with Gasteiger partial charge in [-0.3, -0.25) is 23.3 Å². The summed E-state index contributed by atoms with van der Waals surface area (Å²) in [6.45, 7) is 1.62. The van der Waals surface area contributed by atoms with Crippen LogP contribution in [-0.2, 0) is 25.4 Å². The van der Waals surface area contributed by atoms with Gasteiger partial charge in [0.25, 0.3) is 5.56 Å². The monoisotopic (exact) mass is 434 g/mol. The van der Waals surface area contributed by atoms with Gasteiger partial charge in [-0.25, -0.2) is 9.18 Å². The topological polar surface area (TPSA) is 85.4 Å². The molecule has 0 aliphatic carbocycles. The largest absolute Gasteiger partial charge is 0.366 e. The van der Waals surface area contributed by atoms with Crippen molar-refractivity contribution in [1.82, 2.24) is 23.6 Å². The van der Waals surface area contributed by atoms with Crippen molar-refractivity contribution in [2.75, 3.05) is 31.1 Å². The lowest BCUT2D eigenvalue weighted by Crippen LogP contribution is -2.50. The molecule has 1 aromatic carbocycles. The van der Waals surface area contributed by atoms with Gasteiger partial charge in [-0.15, -0.1) is 0 Å². The maximum atomic E-state index is 14.0. The molecule has 1 amide bonds. The van der Waals surface area contributed by atoms with E-state index in [0.717, 1.165) is 4.57 Å². The summed E-state index contributed by atoms with van der Waals surface area (Å²) in [5.74, 6) is -0.532. The zero-order chi connectivity index (χ0) is 21.6. The lowest BCUT2D eigenvalue weighted by atomic mass is 10.2. The van der Waals surface area contributed by atoms with Crippen LogP contribution in [0.25, 0.3) is 11.2 Å². The van der Waals surface area contributed by atoms with Crippen LogP contribution in [-0.4, -0.2) is 55.7 Å². The van der Waals surface area contributed by atoms with Gasteiger partial charge in [0.05, 0.1) is 5.69 Å². The van der Waals surface area contributed by atoms with Crippen molar-refractivity contribution in [2.45, 2.75) is 6.54 Å². The quantitative estimate of drug-likeness (QED) is 0.563. The van der Waals surface area contributed by atoms with E-state index in [4.69, 9.17) is 11.6 Å². The summed E-state index contributed by atoms with van der Waals surface area (Å²) in [4.78, 5) is 45.2. The normalized spacial score (nSPS) is 14.5. The molecule has 0 atom stereocenters. The summed E-state index contributed by atoms with van der Waals surface area (Å²) in [5.41, 5.74) is -0.347. The number of aryl methyl sites for hydroxylation is 1. The SMILES string of the molecule is Cn1c(=O)c2c(nc(Cl)n2CC(=O)N2CCN(c3ccccc3F)CC2)n(C)c1=O. The van der Waals surface area contributed by atoms with Crippen LogP contribution in [0.3, 0.4) is 0 Å². The number of carbonyl (C=O) groups excluding carboxylic acids is 1. The summed E-state index contributed by atoms with van der Waals surface area (Å²) in [5, 5.41) is -0.0401. The molecule has 1 fully saturated rings. The van der Waals surface area contributed by atoms with Crippen molar-refractivity contribution in [1.29, 1.82) is 0 Å². The Hall–Kier alpha value is -3.14. The lowest BCUT2D eigenvalue weighted by Gasteiger charge is -2.36. The highest BCUT2D eigenvalue weighted by Crippen LogP contribution is 2.21. The number of carbonyl (C=O) groups is 1.